The minimum atomic E-state index is -1.12. The summed E-state index contributed by atoms with van der Waals surface area (Å²) < 4.78 is 0. The van der Waals surface area contributed by atoms with E-state index in [1.165, 1.54) is 0 Å². The number of carbonyl (C=O) groups excluding carboxylic acids is 1. The number of hydrogen-bond donors (Lipinski definition) is 1. The highest BCUT2D eigenvalue weighted by Crippen LogP contribution is 1.80. The van der Waals surface area contributed by atoms with Gasteiger partial charge in [0.1, 0.15) is 0 Å². The highest BCUT2D eigenvalue weighted by atomic mass is 16.4. The Hall–Kier alpha value is -1.78. The summed E-state index contributed by atoms with van der Waals surface area (Å²) in [4.78, 5) is 29.4. The van der Waals surface area contributed by atoms with Gasteiger partial charge in [-0.3, -0.25) is 4.79 Å². The van der Waals surface area contributed by atoms with Crippen molar-refractivity contribution in [1.82, 2.24) is 0 Å². The first-order chi connectivity index (χ1) is 5.16. The summed E-state index contributed by atoms with van der Waals surface area (Å²) in [5, 5.41) is 10.1. The van der Waals surface area contributed by atoms with E-state index in [2.05, 4.69) is 0 Å². The third-order valence-corrected chi connectivity index (χ3v) is 0.679. The summed E-state index contributed by atoms with van der Waals surface area (Å²) >= 11 is 0. The Balaban J connectivity index is 3.86. The number of nitrogens with zero attached hydrogens (tertiary/aromatic N) is 1. The average Bonchev–Trinajstić information content (AvgIpc) is 1.97. The fourth-order valence-electron chi connectivity index (χ4n) is 0.306. The van der Waals surface area contributed by atoms with Crippen LogP contribution in [0.4, 0.5) is 0 Å². The zero-order valence-electron chi connectivity index (χ0n) is 5.43. The molecule has 0 aromatic heterocycles. The maximum Gasteiger partial charge on any atom is 0.328 e. The van der Waals surface area contributed by atoms with Crippen LogP contribution in [0.2, 0.25) is 0 Å². The lowest BCUT2D eigenvalue weighted by atomic mass is 10.4. The third kappa shape index (κ3) is 6.10. The molecule has 0 aliphatic carbocycles. The zero-order valence-corrected chi connectivity index (χ0v) is 5.43. The van der Waals surface area contributed by atoms with Crippen molar-refractivity contribution in [2.24, 2.45) is 5.18 Å². The van der Waals surface area contributed by atoms with E-state index >= 15 is 0 Å². The van der Waals surface area contributed by atoms with Gasteiger partial charge in [-0.2, -0.15) is 0 Å². The molecule has 5 nitrogen and oxygen atoms in total. The van der Waals surface area contributed by atoms with Crippen molar-refractivity contribution in [3.8, 4) is 0 Å². The van der Waals surface area contributed by atoms with Crippen LogP contribution in [-0.2, 0) is 9.59 Å². The van der Waals surface area contributed by atoms with Crippen LogP contribution in [0.15, 0.2) is 29.5 Å². The minimum Gasteiger partial charge on any atom is -0.478 e. The van der Waals surface area contributed by atoms with Crippen LogP contribution < -0.4 is 0 Å². The van der Waals surface area contributed by atoms with Crippen molar-refractivity contribution in [3.05, 3.63) is 29.2 Å². The minimum absolute atomic E-state index is 0.828. The van der Waals surface area contributed by atoms with E-state index in [0.717, 1.165) is 24.3 Å². The second-order valence-corrected chi connectivity index (χ2v) is 1.49. The maximum absolute atomic E-state index is 10.1. The standard InChI is InChI=1S/C6H5NO4/c8-5(7-11)3-1-2-4-6(9)10/h1-4H,(H,9,10)/b3-1+,4-2+. The van der Waals surface area contributed by atoms with Crippen molar-refractivity contribution in [2.75, 3.05) is 0 Å². The average molecular weight is 155 g/mol. The number of amides is 1. The second-order valence-electron chi connectivity index (χ2n) is 1.49. The summed E-state index contributed by atoms with van der Waals surface area (Å²) in [7, 11) is 0. The predicted molar refractivity (Wildman–Crippen MR) is 36.7 cm³/mol. The molecule has 0 atom stereocenters. The lowest BCUT2D eigenvalue weighted by molar-refractivity contribution is -0.131. The van der Waals surface area contributed by atoms with Crippen molar-refractivity contribution in [2.45, 2.75) is 0 Å². The van der Waals surface area contributed by atoms with Crippen LogP contribution in [0, 0.1) is 4.91 Å². The Morgan fingerprint density at radius 1 is 1.18 bits per heavy atom. The van der Waals surface area contributed by atoms with E-state index in [1.807, 2.05) is 5.18 Å². The Bertz CT molecular complexity index is 229. The fourth-order valence-corrected chi connectivity index (χ4v) is 0.306. The van der Waals surface area contributed by atoms with Gasteiger partial charge in [0.05, 0.1) is 0 Å². The van der Waals surface area contributed by atoms with Crippen LogP contribution in [0.3, 0.4) is 0 Å². The number of hydrogen-bond acceptors (Lipinski definition) is 3. The molecule has 0 saturated carbocycles. The number of nitroso groups, excluding NO2 is 1. The molecule has 0 saturated heterocycles. The molecule has 0 radical (unpaired) electrons. The van der Waals surface area contributed by atoms with Crippen LogP contribution in [0.1, 0.15) is 0 Å². The summed E-state index contributed by atoms with van der Waals surface area (Å²) in [6, 6.07) is 0. The molecule has 0 rings (SSSR count). The van der Waals surface area contributed by atoms with Gasteiger partial charge in [0, 0.05) is 17.3 Å². The van der Waals surface area contributed by atoms with Crippen LogP contribution in [0.25, 0.3) is 0 Å². The van der Waals surface area contributed by atoms with Gasteiger partial charge < -0.3 is 5.11 Å². The maximum atomic E-state index is 10.1. The number of allylic oxidation sites excluding steroid dienone is 2. The summed E-state index contributed by atoms with van der Waals surface area (Å²) in [5.74, 6) is -2.07. The van der Waals surface area contributed by atoms with E-state index in [1.54, 1.807) is 0 Å². The molecule has 1 N–H and O–H groups in total. The Kier molecular flexibility index (Phi) is 4.22. The van der Waals surface area contributed by atoms with E-state index in [9.17, 15) is 14.5 Å². The van der Waals surface area contributed by atoms with Gasteiger partial charge in [0.15, 0.2) is 0 Å². The van der Waals surface area contributed by atoms with Gasteiger partial charge in [-0.25, -0.2) is 4.79 Å². The largest absolute Gasteiger partial charge is 0.478 e. The number of carboxylic acids is 1. The number of rotatable bonds is 3. The summed E-state index contributed by atoms with van der Waals surface area (Å²) in [6.07, 6.45) is 3.93. The molecule has 0 aromatic carbocycles. The number of carboxylic acid groups (broad SMARTS) is 1. The summed E-state index contributed by atoms with van der Waals surface area (Å²) in [5.41, 5.74) is 0. The number of aliphatic carboxylic acids is 1. The topological polar surface area (TPSA) is 83.8 Å². The van der Waals surface area contributed by atoms with Gasteiger partial charge >= 0.3 is 11.9 Å². The van der Waals surface area contributed by atoms with Crippen LogP contribution >= 0.6 is 0 Å². The summed E-state index contributed by atoms with van der Waals surface area (Å²) in [6.45, 7) is 0. The molecule has 1 amide bonds. The van der Waals surface area contributed by atoms with Gasteiger partial charge in [-0.15, -0.1) is 4.91 Å². The van der Waals surface area contributed by atoms with Crippen LogP contribution in [-0.4, -0.2) is 17.0 Å². The molecule has 0 fully saturated rings. The van der Waals surface area contributed by atoms with E-state index < -0.39 is 11.9 Å². The normalized spacial score (nSPS) is 10.5. The van der Waals surface area contributed by atoms with Crippen molar-refractivity contribution in [1.29, 1.82) is 0 Å². The second kappa shape index (κ2) is 5.04. The molecule has 0 bridgehead atoms. The third-order valence-electron chi connectivity index (χ3n) is 0.679. The van der Waals surface area contributed by atoms with Gasteiger partial charge in [-0.05, 0) is 0 Å². The van der Waals surface area contributed by atoms with Gasteiger partial charge in [0.2, 0.25) is 0 Å². The van der Waals surface area contributed by atoms with Gasteiger partial charge in [-0.1, -0.05) is 12.2 Å². The molecular formula is C6H5NO4. The van der Waals surface area contributed by atoms with Crippen molar-refractivity contribution < 1.29 is 14.7 Å². The first-order valence-corrected chi connectivity index (χ1v) is 2.62. The van der Waals surface area contributed by atoms with E-state index in [0.29, 0.717) is 0 Å². The Labute approximate surface area is 62.0 Å². The SMILES string of the molecule is O=NC(=O)/C=C/C=C/C(=O)O. The molecule has 0 spiro atoms. The molecule has 0 aliphatic rings. The molecule has 11 heavy (non-hydrogen) atoms. The first-order valence-electron chi connectivity index (χ1n) is 2.62. The Morgan fingerprint density at radius 3 is 2.18 bits per heavy atom. The van der Waals surface area contributed by atoms with E-state index in [-0.39, 0.29) is 0 Å². The monoisotopic (exact) mass is 155 g/mol. The van der Waals surface area contributed by atoms with Crippen molar-refractivity contribution in [3.63, 3.8) is 0 Å². The van der Waals surface area contributed by atoms with Crippen molar-refractivity contribution >= 4 is 11.9 Å². The molecule has 0 heterocycles. The van der Waals surface area contributed by atoms with Crippen LogP contribution in [0.5, 0.6) is 0 Å². The predicted octanol–water partition coefficient (Wildman–Crippen LogP) is 0.476. The number of carbonyl (C=O) groups is 2. The molecule has 5 heteroatoms. The highest BCUT2D eigenvalue weighted by molar-refractivity contribution is 5.88. The Morgan fingerprint density at radius 2 is 1.73 bits per heavy atom. The quantitative estimate of drug-likeness (QED) is 0.365. The molecule has 0 unspecified atom stereocenters. The fraction of sp³-hybridized carbons (Fsp3) is 0. The van der Waals surface area contributed by atoms with Gasteiger partial charge in [0.25, 0.3) is 0 Å². The molecule has 0 aromatic rings. The molecule has 0 aliphatic heterocycles. The lowest BCUT2D eigenvalue weighted by Crippen LogP contribution is -1.85. The van der Waals surface area contributed by atoms with E-state index in [4.69, 9.17) is 5.11 Å². The lowest BCUT2D eigenvalue weighted by Gasteiger charge is -1.74. The first kappa shape index (κ1) is 9.22. The smallest absolute Gasteiger partial charge is 0.328 e. The molecule has 58 valence electrons. The highest BCUT2D eigenvalue weighted by Gasteiger charge is 1.88. The molecular weight excluding hydrogens is 150 g/mol. The zero-order chi connectivity index (χ0) is 8.69.